The molecule has 146 valence electrons. The second kappa shape index (κ2) is 13.0. The van der Waals surface area contributed by atoms with Crippen LogP contribution in [0.2, 0.25) is 0 Å². The Morgan fingerprint density at radius 2 is 1.96 bits per heavy atom. The monoisotopic (exact) mass is 362 g/mol. The van der Waals surface area contributed by atoms with Crippen molar-refractivity contribution >= 4 is 17.7 Å². The van der Waals surface area contributed by atoms with Gasteiger partial charge in [-0.25, -0.2) is 4.98 Å². The number of likely N-dealkylation sites (N-methyl/N-ethyl adjacent to an activating group) is 2. The third-order valence-electron chi connectivity index (χ3n) is 4.00. The van der Waals surface area contributed by atoms with Crippen molar-refractivity contribution in [1.29, 1.82) is 0 Å². The third-order valence-corrected chi connectivity index (χ3v) is 4.00. The molecule has 1 heterocycles. The predicted molar refractivity (Wildman–Crippen MR) is 108 cm³/mol. The van der Waals surface area contributed by atoms with E-state index in [0.717, 1.165) is 57.3 Å². The van der Waals surface area contributed by atoms with Crippen LogP contribution in [-0.4, -0.2) is 73.0 Å². The standard InChI is InChI=1S/C19H34N6O/c1-5-20-19(24(4)16-18(26)25(6-2)7-3)23-15-11-10-14-22-17-12-8-9-13-21-17/h8-9,12-13H,5-7,10-11,14-16H2,1-4H3,(H,20,23)(H,21,22). The summed E-state index contributed by atoms with van der Waals surface area (Å²) in [6.07, 6.45) is 3.78. The molecule has 1 aromatic heterocycles. The van der Waals surface area contributed by atoms with Crippen molar-refractivity contribution in [1.82, 2.24) is 20.1 Å². The summed E-state index contributed by atoms with van der Waals surface area (Å²) in [6.45, 7) is 10.2. The highest BCUT2D eigenvalue weighted by Gasteiger charge is 2.14. The van der Waals surface area contributed by atoms with Crippen LogP contribution in [0.1, 0.15) is 33.6 Å². The number of aromatic nitrogens is 1. The number of carbonyl (C=O) groups is 1. The van der Waals surface area contributed by atoms with E-state index in [1.807, 2.05) is 55.8 Å². The lowest BCUT2D eigenvalue weighted by molar-refractivity contribution is -0.131. The van der Waals surface area contributed by atoms with Crippen LogP contribution in [0.4, 0.5) is 5.82 Å². The van der Waals surface area contributed by atoms with E-state index >= 15 is 0 Å². The van der Waals surface area contributed by atoms with E-state index in [-0.39, 0.29) is 5.91 Å². The number of rotatable bonds is 11. The van der Waals surface area contributed by atoms with Crippen LogP contribution >= 0.6 is 0 Å². The Bertz CT molecular complexity index is 530. The summed E-state index contributed by atoms with van der Waals surface area (Å²) in [5.41, 5.74) is 0. The highest BCUT2D eigenvalue weighted by molar-refractivity contribution is 5.86. The minimum atomic E-state index is 0.127. The second-order valence-corrected chi connectivity index (χ2v) is 6.01. The number of hydrogen-bond acceptors (Lipinski definition) is 4. The molecule has 7 nitrogen and oxygen atoms in total. The number of nitrogens with one attached hydrogen (secondary N) is 2. The lowest BCUT2D eigenvalue weighted by atomic mass is 10.3. The first-order valence-electron chi connectivity index (χ1n) is 9.54. The first-order chi connectivity index (χ1) is 12.6. The Balaban J connectivity index is 2.38. The van der Waals surface area contributed by atoms with Gasteiger partial charge in [-0.1, -0.05) is 6.07 Å². The molecule has 0 saturated carbocycles. The number of anilines is 1. The molecular weight excluding hydrogens is 328 g/mol. The van der Waals surface area contributed by atoms with E-state index in [0.29, 0.717) is 6.54 Å². The molecule has 2 N–H and O–H groups in total. The number of nitrogens with zero attached hydrogens (tertiary/aromatic N) is 4. The van der Waals surface area contributed by atoms with E-state index in [9.17, 15) is 4.79 Å². The maximum Gasteiger partial charge on any atom is 0.242 e. The number of guanidine groups is 1. The Labute approximate surface area is 157 Å². The molecule has 26 heavy (non-hydrogen) atoms. The van der Waals surface area contributed by atoms with Crippen molar-refractivity contribution in [2.24, 2.45) is 4.99 Å². The lowest BCUT2D eigenvalue weighted by Crippen LogP contribution is -2.45. The van der Waals surface area contributed by atoms with Crippen molar-refractivity contribution in [2.75, 3.05) is 51.6 Å². The van der Waals surface area contributed by atoms with Gasteiger partial charge < -0.3 is 20.4 Å². The topological polar surface area (TPSA) is 72.9 Å². The van der Waals surface area contributed by atoms with E-state index in [1.54, 1.807) is 6.20 Å². The van der Waals surface area contributed by atoms with Gasteiger partial charge in [-0.3, -0.25) is 9.79 Å². The van der Waals surface area contributed by atoms with Crippen LogP contribution in [0.15, 0.2) is 29.4 Å². The van der Waals surface area contributed by atoms with Crippen LogP contribution in [0.3, 0.4) is 0 Å². The molecule has 0 unspecified atom stereocenters. The van der Waals surface area contributed by atoms with E-state index in [1.165, 1.54) is 0 Å². The highest BCUT2D eigenvalue weighted by atomic mass is 16.2. The van der Waals surface area contributed by atoms with E-state index in [4.69, 9.17) is 0 Å². The summed E-state index contributed by atoms with van der Waals surface area (Å²) in [4.78, 5) is 24.9. The number of amides is 1. The average molecular weight is 363 g/mol. The molecule has 0 spiro atoms. The lowest BCUT2D eigenvalue weighted by Gasteiger charge is -2.25. The number of pyridine rings is 1. The first-order valence-corrected chi connectivity index (χ1v) is 9.54. The number of hydrogen-bond donors (Lipinski definition) is 2. The first kappa shape index (κ1) is 21.7. The van der Waals surface area contributed by atoms with Gasteiger partial charge in [0, 0.05) is 46.0 Å². The van der Waals surface area contributed by atoms with Crippen molar-refractivity contribution < 1.29 is 4.79 Å². The minimum absolute atomic E-state index is 0.127. The van der Waals surface area contributed by atoms with Gasteiger partial charge in [0.2, 0.25) is 5.91 Å². The molecular formula is C19H34N6O. The van der Waals surface area contributed by atoms with E-state index in [2.05, 4.69) is 20.6 Å². The highest BCUT2D eigenvalue weighted by Crippen LogP contribution is 2.01. The average Bonchev–Trinajstić information content (AvgIpc) is 2.65. The molecule has 0 aromatic carbocycles. The fourth-order valence-corrected chi connectivity index (χ4v) is 2.53. The maximum absolute atomic E-state index is 12.3. The molecule has 0 fully saturated rings. The van der Waals surface area contributed by atoms with Gasteiger partial charge in [0.15, 0.2) is 5.96 Å². The fourth-order valence-electron chi connectivity index (χ4n) is 2.53. The SMILES string of the molecule is CCNC(=NCCCCNc1ccccn1)N(C)CC(=O)N(CC)CC. The molecule has 1 amide bonds. The molecule has 0 aliphatic rings. The zero-order valence-corrected chi connectivity index (χ0v) is 16.7. The van der Waals surface area contributed by atoms with Gasteiger partial charge in [-0.05, 0) is 45.7 Å². The third kappa shape index (κ3) is 8.18. The summed E-state index contributed by atoms with van der Waals surface area (Å²) in [5, 5.41) is 6.56. The summed E-state index contributed by atoms with van der Waals surface area (Å²) < 4.78 is 0. The molecule has 0 atom stereocenters. The minimum Gasteiger partial charge on any atom is -0.370 e. The number of unbranched alkanes of at least 4 members (excludes halogenated alkanes) is 1. The summed E-state index contributed by atoms with van der Waals surface area (Å²) in [5.74, 6) is 1.81. The van der Waals surface area contributed by atoms with Crippen LogP contribution in [-0.2, 0) is 4.79 Å². The zero-order valence-electron chi connectivity index (χ0n) is 16.7. The van der Waals surface area contributed by atoms with Gasteiger partial charge in [0.25, 0.3) is 0 Å². The smallest absolute Gasteiger partial charge is 0.242 e. The molecule has 0 saturated heterocycles. The second-order valence-electron chi connectivity index (χ2n) is 6.01. The van der Waals surface area contributed by atoms with Gasteiger partial charge >= 0.3 is 0 Å². The summed E-state index contributed by atoms with van der Waals surface area (Å²) in [7, 11) is 1.91. The largest absolute Gasteiger partial charge is 0.370 e. The van der Waals surface area contributed by atoms with E-state index < -0.39 is 0 Å². The van der Waals surface area contributed by atoms with Gasteiger partial charge in [0.1, 0.15) is 5.82 Å². The summed E-state index contributed by atoms with van der Waals surface area (Å²) in [6, 6.07) is 5.84. The fraction of sp³-hybridized carbons (Fsp3) is 0.632. The van der Waals surface area contributed by atoms with Crippen LogP contribution < -0.4 is 10.6 Å². The molecule has 0 radical (unpaired) electrons. The normalized spacial score (nSPS) is 11.2. The van der Waals surface area contributed by atoms with Gasteiger partial charge in [-0.15, -0.1) is 0 Å². The number of aliphatic imine (C=N–C) groups is 1. The Kier molecular flexibility index (Phi) is 10.8. The summed E-state index contributed by atoms with van der Waals surface area (Å²) >= 11 is 0. The van der Waals surface area contributed by atoms with Crippen molar-refractivity contribution in [3.8, 4) is 0 Å². The molecule has 7 heteroatoms. The van der Waals surface area contributed by atoms with Crippen molar-refractivity contribution in [3.63, 3.8) is 0 Å². The zero-order chi connectivity index (χ0) is 19.2. The molecule has 1 rings (SSSR count). The molecule has 1 aromatic rings. The van der Waals surface area contributed by atoms with Crippen molar-refractivity contribution in [3.05, 3.63) is 24.4 Å². The Hall–Kier alpha value is -2.31. The van der Waals surface area contributed by atoms with Gasteiger partial charge in [0.05, 0.1) is 6.54 Å². The van der Waals surface area contributed by atoms with Crippen LogP contribution in [0, 0.1) is 0 Å². The van der Waals surface area contributed by atoms with Crippen LogP contribution in [0.25, 0.3) is 0 Å². The quantitative estimate of drug-likeness (QED) is 0.358. The van der Waals surface area contributed by atoms with Crippen LogP contribution in [0.5, 0.6) is 0 Å². The number of carbonyl (C=O) groups excluding carboxylic acids is 1. The predicted octanol–water partition coefficient (Wildman–Crippen LogP) is 2.04. The van der Waals surface area contributed by atoms with Gasteiger partial charge in [-0.2, -0.15) is 0 Å². The molecule has 0 aliphatic heterocycles. The molecule has 0 aliphatic carbocycles. The molecule has 0 bridgehead atoms. The Morgan fingerprint density at radius 3 is 2.58 bits per heavy atom. The maximum atomic E-state index is 12.3. The Morgan fingerprint density at radius 1 is 1.19 bits per heavy atom. The van der Waals surface area contributed by atoms with Crippen molar-refractivity contribution in [2.45, 2.75) is 33.6 Å².